The first-order valence-electron chi connectivity index (χ1n) is 3.56. The van der Waals surface area contributed by atoms with Crippen LogP contribution in [0.1, 0.15) is 6.42 Å². The van der Waals surface area contributed by atoms with Gasteiger partial charge < -0.3 is 10.5 Å². The number of hydrogen-bond donors (Lipinski definition) is 1. The van der Waals surface area contributed by atoms with Crippen molar-refractivity contribution in [2.24, 2.45) is 5.73 Å². The number of rotatable bonds is 5. The second-order valence-corrected chi connectivity index (χ2v) is 2.07. The zero-order chi connectivity index (χ0) is 9.40. The second-order valence-electron chi connectivity index (χ2n) is 2.07. The molecule has 0 spiro atoms. The summed E-state index contributed by atoms with van der Waals surface area (Å²) < 4.78 is 4.74. The SMILES string of the molecule is C=CCOC(=O)C(=CN)CC=C. The van der Waals surface area contributed by atoms with Crippen LogP contribution in [0, 0.1) is 0 Å². The van der Waals surface area contributed by atoms with Crippen molar-refractivity contribution in [2.75, 3.05) is 6.61 Å². The molecule has 0 unspecified atom stereocenters. The molecule has 0 rings (SSSR count). The fourth-order valence-electron chi connectivity index (χ4n) is 0.602. The van der Waals surface area contributed by atoms with Gasteiger partial charge in [-0.25, -0.2) is 4.79 Å². The molecule has 0 aromatic heterocycles. The van der Waals surface area contributed by atoms with Crippen LogP contribution in [0.3, 0.4) is 0 Å². The number of carbonyl (C=O) groups is 1. The average Bonchev–Trinajstić information content (AvgIpc) is 2.10. The summed E-state index contributed by atoms with van der Waals surface area (Å²) in [4.78, 5) is 11.1. The molecule has 0 amide bonds. The van der Waals surface area contributed by atoms with Crippen LogP contribution >= 0.6 is 0 Å². The third kappa shape index (κ3) is 3.61. The van der Waals surface area contributed by atoms with Crippen LogP contribution in [-0.4, -0.2) is 12.6 Å². The third-order valence-electron chi connectivity index (χ3n) is 1.16. The van der Waals surface area contributed by atoms with Crippen molar-refractivity contribution in [3.63, 3.8) is 0 Å². The Morgan fingerprint density at radius 2 is 2.08 bits per heavy atom. The first kappa shape index (κ1) is 10.5. The van der Waals surface area contributed by atoms with Crippen LogP contribution in [0.5, 0.6) is 0 Å². The lowest BCUT2D eigenvalue weighted by Crippen LogP contribution is -2.09. The normalized spacial score (nSPS) is 10.5. The highest BCUT2D eigenvalue weighted by molar-refractivity contribution is 5.88. The Balaban J connectivity index is 4.03. The number of esters is 1. The van der Waals surface area contributed by atoms with E-state index in [-0.39, 0.29) is 6.61 Å². The van der Waals surface area contributed by atoms with Gasteiger partial charge in [-0.1, -0.05) is 18.7 Å². The molecular weight excluding hydrogens is 154 g/mol. The molecule has 2 N–H and O–H groups in total. The average molecular weight is 167 g/mol. The summed E-state index contributed by atoms with van der Waals surface area (Å²) in [6, 6.07) is 0. The summed E-state index contributed by atoms with van der Waals surface area (Å²) in [7, 11) is 0. The number of allylic oxidation sites excluding steroid dienone is 1. The standard InChI is InChI=1S/C9H13NO2/c1-3-5-8(7-10)9(11)12-6-4-2/h3-4,7H,1-2,5-6,10H2. The van der Waals surface area contributed by atoms with Gasteiger partial charge in [0.1, 0.15) is 6.61 Å². The topological polar surface area (TPSA) is 52.3 Å². The van der Waals surface area contributed by atoms with E-state index in [2.05, 4.69) is 13.2 Å². The van der Waals surface area contributed by atoms with Gasteiger partial charge in [-0.05, 0) is 6.42 Å². The number of nitrogens with two attached hydrogens (primary N) is 1. The van der Waals surface area contributed by atoms with E-state index in [4.69, 9.17) is 10.5 Å². The predicted octanol–water partition coefficient (Wildman–Crippen LogP) is 1.13. The van der Waals surface area contributed by atoms with Crippen molar-refractivity contribution in [1.29, 1.82) is 0 Å². The first-order valence-corrected chi connectivity index (χ1v) is 3.56. The molecular formula is C9H13NO2. The van der Waals surface area contributed by atoms with Gasteiger partial charge in [0.15, 0.2) is 0 Å². The van der Waals surface area contributed by atoms with Gasteiger partial charge >= 0.3 is 5.97 Å². The molecule has 0 aromatic carbocycles. The zero-order valence-corrected chi connectivity index (χ0v) is 6.95. The van der Waals surface area contributed by atoms with E-state index < -0.39 is 5.97 Å². The van der Waals surface area contributed by atoms with Gasteiger partial charge in [0.05, 0.1) is 5.57 Å². The second kappa shape index (κ2) is 6.22. The van der Waals surface area contributed by atoms with Gasteiger partial charge in [0.25, 0.3) is 0 Å². The maximum absolute atomic E-state index is 11.1. The summed E-state index contributed by atoms with van der Waals surface area (Å²) in [6.45, 7) is 7.10. The predicted molar refractivity (Wildman–Crippen MR) is 48.2 cm³/mol. The maximum Gasteiger partial charge on any atom is 0.336 e. The Labute approximate surface area is 72.2 Å². The van der Waals surface area contributed by atoms with Crippen molar-refractivity contribution in [1.82, 2.24) is 0 Å². The molecule has 0 aliphatic carbocycles. The van der Waals surface area contributed by atoms with Crippen LogP contribution in [0.15, 0.2) is 37.1 Å². The summed E-state index contributed by atoms with van der Waals surface area (Å²) >= 11 is 0. The van der Waals surface area contributed by atoms with E-state index >= 15 is 0 Å². The molecule has 0 bridgehead atoms. The van der Waals surface area contributed by atoms with E-state index in [0.717, 1.165) is 0 Å². The van der Waals surface area contributed by atoms with E-state index in [1.165, 1.54) is 12.3 Å². The largest absolute Gasteiger partial charge is 0.458 e. The molecule has 66 valence electrons. The van der Waals surface area contributed by atoms with Crippen molar-refractivity contribution < 1.29 is 9.53 Å². The molecule has 0 radical (unpaired) electrons. The fraction of sp³-hybridized carbons (Fsp3) is 0.222. The molecule has 3 heteroatoms. The summed E-state index contributed by atoms with van der Waals surface area (Å²) in [5.74, 6) is -0.419. The first-order chi connectivity index (χ1) is 5.76. The monoisotopic (exact) mass is 167 g/mol. The lowest BCUT2D eigenvalue weighted by atomic mass is 10.2. The van der Waals surface area contributed by atoms with E-state index in [1.54, 1.807) is 6.08 Å². The van der Waals surface area contributed by atoms with Crippen LogP contribution in [0.4, 0.5) is 0 Å². The Morgan fingerprint density at radius 1 is 1.42 bits per heavy atom. The van der Waals surface area contributed by atoms with Crippen LogP contribution in [0.2, 0.25) is 0 Å². The van der Waals surface area contributed by atoms with Gasteiger partial charge in [0.2, 0.25) is 0 Å². The summed E-state index contributed by atoms with van der Waals surface area (Å²) in [6.07, 6.45) is 4.74. The molecule has 0 saturated heterocycles. The Kier molecular flexibility index (Phi) is 5.43. The molecule has 0 saturated carbocycles. The molecule has 0 aliphatic rings. The highest BCUT2D eigenvalue weighted by Gasteiger charge is 2.06. The molecule has 0 aliphatic heterocycles. The molecule has 12 heavy (non-hydrogen) atoms. The van der Waals surface area contributed by atoms with Crippen molar-refractivity contribution >= 4 is 5.97 Å². The highest BCUT2D eigenvalue weighted by atomic mass is 16.5. The number of ether oxygens (including phenoxy) is 1. The fourth-order valence-corrected chi connectivity index (χ4v) is 0.602. The smallest absolute Gasteiger partial charge is 0.336 e. The van der Waals surface area contributed by atoms with Crippen molar-refractivity contribution in [2.45, 2.75) is 6.42 Å². The lowest BCUT2D eigenvalue weighted by molar-refractivity contribution is -0.137. The number of carbonyl (C=O) groups excluding carboxylic acids is 1. The van der Waals surface area contributed by atoms with E-state index in [1.807, 2.05) is 0 Å². The summed E-state index contributed by atoms with van der Waals surface area (Å²) in [5.41, 5.74) is 5.60. The van der Waals surface area contributed by atoms with Gasteiger partial charge in [0, 0.05) is 6.20 Å². The van der Waals surface area contributed by atoms with Gasteiger partial charge in [-0.15, -0.1) is 6.58 Å². The lowest BCUT2D eigenvalue weighted by Gasteiger charge is -2.02. The molecule has 0 fully saturated rings. The molecule has 0 aromatic rings. The quantitative estimate of drug-likeness (QED) is 0.379. The molecule has 0 atom stereocenters. The Morgan fingerprint density at radius 3 is 2.50 bits per heavy atom. The molecule has 0 heterocycles. The van der Waals surface area contributed by atoms with E-state index in [0.29, 0.717) is 12.0 Å². The van der Waals surface area contributed by atoms with E-state index in [9.17, 15) is 4.79 Å². The Hall–Kier alpha value is -1.51. The summed E-state index contributed by atoms with van der Waals surface area (Å²) in [5, 5.41) is 0. The Bertz CT molecular complexity index is 207. The minimum Gasteiger partial charge on any atom is -0.458 e. The molecule has 3 nitrogen and oxygen atoms in total. The van der Waals surface area contributed by atoms with Gasteiger partial charge in [-0.2, -0.15) is 0 Å². The number of hydrogen-bond acceptors (Lipinski definition) is 3. The minimum absolute atomic E-state index is 0.202. The van der Waals surface area contributed by atoms with Crippen molar-refractivity contribution in [3.05, 3.63) is 37.1 Å². The van der Waals surface area contributed by atoms with Crippen LogP contribution in [0.25, 0.3) is 0 Å². The third-order valence-corrected chi connectivity index (χ3v) is 1.16. The maximum atomic E-state index is 11.1. The highest BCUT2D eigenvalue weighted by Crippen LogP contribution is 2.02. The minimum atomic E-state index is -0.419. The van der Waals surface area contributed by atoms with Crippen molar-refractivity contribution in [3.8, 4) is 0 Å². The van der Waals surface area contributed by atoms with Gasteiger partial charge in [-0.3, -0.25) is 0 Å². The zero-order valence-electron chi connectivity index (χ0n) is 6.95. The van der Waals surface area contributed by atoms with Crippen LogP contribution < -0.4 is 5.73 Å². The van der Waals surface area contributed by atoms with Crippen LogP contribution in [-0.2, 0) is 9.53 Å².